The van der Waals surface area contributed by atoms with Gasteiger partial charge < -0.3 is 0 Å². The Hall–Kier alpha value is -1.67. The number of nitrogens with one attached hydrogen (secondary N) is 1. The van der Waals surface area contributed by atoms with Crippen LogP contribution in [0.3, 0.4) is 0 Å². The van der Waals surface area contributed by atoms with E-state index in [1.54, 1.807) is 13.8 Å². The summed E-state index contributed by atoms with van der Waals surface area (Å²) in [6.07, 6.45) is 0.0546. The SMILES string of the molecule is Cc1cc([N+](=O)[O-])c(Cl)cc1S(=O)(=O)NC(=O)CC(C)C. The summed E-state index contributed by atoms with van der Waals surface area (Å²) in [7, 11) is -4.11. The number of rotatable bonds is 5. The van der Waals surface area contributed by atoms with Crippen molar-refractivity contribution in [3.63, 3.8) is 0 Å². The highest BCUT2D eigenvalue weighted by Crippen LogP contribution is 2.30. The van der Waals surface area contributed by atoms with Crippen LogP contribution in [-0.2, 0) is 14.8 Å². The summed E-state index contributed by atoms with van der Waals surface area (Å²) in [6.45, 7) is 4.95. The molecule has 0 aromatic heterocycles. The summed E-state index contributed by atoms with van der Waals surface area (Å²) in [5.41, 5.74) is -0.252. The summed E-state index contributed by atoms with van der Waals surface area (Å²) in [6, 6.07) is 2.03. The van der Waals surface area contributed by atoms with Gasteiger partial charge in [0.15, 0.2) is 0 Å². The van der Waals surface area contributed by atoms with Crippen molar-refractivity contribution >= 4 is 33.2 Å². The van der Waals surface area contributed by atoms with Gasteiger partial charge in [0, 0.05) is 12.5 Å². The van der Waals surface area contributed by atoms with Crippen LogP contribution < -0.4 is 4.72 Å². The molecule has 9 heteroatoms. The number of halogens is 1. The first-order chi connectivity index (χ1) is 9.54. The molecule has 0 aliphatic carbocycles. The molecule has 0 spiro atoms. The lowest BCUT2D eigenvalue weighted by molar-refractivity contribution is -0.384. The van der Waals surface area contributed by atoms with Crippen LogP contribution in [0.1, 0.15) is 25.8 Å². The Morgan fingerprint density at radius 1 is 1.43 bits per heavy atom. The minimum Gasteiger partial charge on any atom is -0.274 e. The summed E-state index contributed by atoms with van der Waals surface area (Å²) in [5.74, 6) is -0.638. The first-order valence-corrected chi connectivity index (χ1v) is 7.91. The number of nitrogens with zero attached hydrogens (tertiary/aromatic N) is 1. The molecule has 0 radical (unpaired) electrons. The molecule has 0 heterocycles. The van der Waals surface area contributed by atoms with E-state index in [2.05, 4.69) is 0 Å². The van der Waals surface area contributed by atoms with Crippen molar-refractivity contribution in [3.8, 4) is 0 Å². The summed E-state index contributed by atoms with van der Waals surface area (Å²) in [5, 5.41) is 10.4. The molecule has 1 amide bonds. The van der Waals surface area contributed by atoms with Crippen LogP contribution in [0.25, 0.3) is 0 Å². The van der Waals surface area contributed by atoms with Gasteiger partial charge in [-0.05, 0) is 24.5 Å². The molecule has 0 bridgehead atoms. The third kappa shape index (κ3) is 4.40. The van der Waals surface area contributed by atoms with Crippen LogP contribution in [0, 0.1) is 23.0 Å². The zero-order valence-electron chi connectivity index (χ0n) is 11.7. The fourth-order valence-corrected chi connectivity index (χ4v) is 3.24. The van der Waals surface area contributed by atoms with E-state index in [0.29, 0.717) is 0 Å². The zero-order valence-corrected chi connectivity index (χ0v) is 13.3. The van der Waals surface area contributed by atoms with Gasteiger partial charge in [-0.25, -0.2) is 13.1 Å². The van der Waals surface area contributed by atoms with Gasteiger partial charge in [-0.1, -0.05) is 25.4 Å². The van der Waals surface area contributed by atoms with Gasteiger partial charge in [-0.2, -0.15) is 0 Å². The lowest BCUT2D eigenvalue weighted by atomic mass is 10.1. The lowest BCUT2D eigenvalue weighted by Crippen LogP contribution is -2.31. The molecule has 0 aliphatic rings. The molecule has 1 aromatic carbocycles. The van der Waals surface area contributed by atoms with Gasteiger partial charge in [0.25, 0.3) is 15.7 Å². The van der Waals surface area contributed by atoms with E-state index in [1.807, 2.05) is 4.72 Å². The number of hydrogen-bond acceptors (Lipinski definition) is 5. The second kappa shape index (κ2) is 6.40. The number of nitro groups is 1. The molecular formula is C12H15ClN2O5S. The average molecular weight is 335 g/mol. The van der Waals surface area contributed by atoms with Crippen molar-refractivity contribution in [2.75, 3.05) is 0 Å². The molecule has 1 aromatic rings. The Bertz CT molecular complexity index is 685. The van der Waals surface area contributed by atoms with E-state index in [9.17, 15) is 23.3 Å². The Labute approximate surface area is 127 Å². The molecule has 0 atom stereocenters. The number of carbonyl (C=O) groups is 1. The van der Waals surface area contributed by atoms with Crippen molar-refractivity contribution in [2.45, 2.75) is 32.1 Å². The molecule has 7 nitrogen and oxygen atoms in total. The van der Waals surface area contributed by atoms with Crippen LogP contribution in [-0.4, -0.2) is 19.2 Å². The minimum absolute atomic E-state index is 0.00162. The maximum Gasteiger partial charge on any atom is 0.288 e. The molecule has 0 saturated carbocycles. The smallest absolute Gasteiger partial charge is 0.274 e. The second-order valence-electron chi connectivity index (χ2n) is 4.95. The summed E-state index contributed by atoms with van der Waals surface area (Å²) in [4.78, 5) is 21.4. The molecular weight excluding hydrogens is 320 g/mol. The zero-order chi connectivity index (χ0) is 16.4. The van der Waals surface area contributed by atoms with Crippen molar-refractivity contribution in [3.05, 3.63) is 32.8 Å². The van der Waals surface area contributed by atoms with Gasteiger partial charge in [0.2, 0.25) is 5.91 Å². The number of sulfonamides is 1. The molecule has 1 N–H and O–H groups in total. The van der Waals surface area contributed by atoms with Crippen molar-refractivity contribution in [1.82, 2.24) is 4.72 Å². The van der Waals surface area contributed by atoms with Crippen LogP contribution in [0.15, 0.2) is 17.0 Å². The fraction of sp³-hybridized carbons (Fsp3) is 0.417. The Kier molecular flexibility index (Phi) is 5.30. The van der Waals surface area contributed by atoms with Crippen molar-refractivity contribution in [2.24, 2.45) is 5.92 Å². The number of nitro benzene ring substituents is 1. The molecule has 0 aliphatic heterocycles. The first kappa shape index (κ1) is 17.4. The molecule has 0 unspecified atom stereocenters. The monoisotopic (exact) mass is 334 g/mol. The quantitative estimate of drug-likeness (QED) is 0.657. The highest BCUT2D eigenvalue weighted by atomic mass is 35.5. The van der Waals surface area contributed by atoms with Crippen LogP contribution >= 0.6 is 11.6 Å². The van der Waals surface area contributed by atoms with E-state index in [4.69, 9.17) is 11.6 Å². The number of hydrogen-bond donors (Lipinski definition) is 1. The predicted octanol–water partition coefficient (Wildman–Crippen LogP) is 2.41. The third-order valence-electron chi connectivity index (χ3n) is 2.57. The maximum atomic E-state index is 12.1. The Morgan fingerprint density at radius 2 is 2.00 bits per heavy atom. The van der Waals surface area contributed by atoms with Crippen LogP contribution in [0.4, 0.5) is 5.69 Å². The normalized spacial score (nSPS) is 11.5. The Morgan fingerprint density at radius 3 is 2.48 bits per heavy atom. The molecule has 0 fully saturated rings. The third-order valence-corrected chi connectivity index (χ3v) is 4.39. The first-order valence-electron chi connectivity index (χ1n) is 6.04. The molecule has 116 valence electrons. The largest absolute Gasteiger partial charge is 0.288 e. The minimum atomic E-state index is -4.11. The van der Waals surface area contributed by atoms with Gasteiger partial charge in [0.05, 0.1) is 9.82 Å². The van der Waals surface area contributed by atoms with Gasteiger partial charge in [-0.15, -0.1) is 0 Å². The van der Waals surface area contributed by atoms with E-state index in [-0.39, 0.29) is 33.5 Å². The van der Waals surface area contributed by atoms with E-state index < -0.39 is 20.9 Å². The predicted molar refractivity (Wildman–Crippen MR) is 77.6 cm³/mol. The average Bonchev–Trinajstić information content (AvgIpc) is 2.29. The molecule has 0 saturated heterocycles. The summed E-state index contributed by atoms with van der Waals surface area (Å²) < 4.78 is 26.2. The van der Waals surface area contributed by atoms with Crippen LogP contribution in [0.5, 0.6) is 0 Å². The van der Waals surface area contributed by atoms with E-state index in [0.717, 1.165) is 12.1 Å². The van der Waals surface area contributed by atoms with Gasteiger partial charge in [-0.3, -0.25) is 14.9 Å². The lowest BCUT2D eigenvalue weighted by Gasteiger charge is -2.11. The standard InChI is InChI=1S/C12H15ClN2O5S/c1-7(2)4-12(16)14-21(19,20)11-6-9(13)10(15(17)18)5-8(11)3/h5-7H,4H2,1-3H3,(H,14,16). The maximum absolute atomic E-state index is 12.1. The number of benzene rings is 1. The van der Waals surface area contributed by atoms with Gasteiger partial charge in [0.1, 0.15) is 5.02 Å². The van der Waals surface area contributed by atoms with Gasteiger partial charge >= 0.3 is 0 Å². The highest BCUT2D eigenvalue weighted by molar-refractivity contribution is 7.90. The second-order valence-corrected chi connectivity index (χ2v) is 7.01. The van der Waals surface area contributed by atoms with Crippen molar-refractivity contribution < 1.29 is 18.1 Å². The fourth-order valence-electron chi connectivity index (χ4n) is 1.69. The molecule has 1 rings (SSSR count). The van der Waals surface area contributed by atoms with Crippen molar-refractivity contribution in [1.29, 1.82) is 0 Å². The topological polar surface area (TPSA) is 106 Å². The van der Waals surface area contributed by atoms with E-state index in [1.165, 1.54) is 6.92 Å². The van der Waals surface area contributed by atoms with Crippen LogP contribution in [0.2, 0.25) is 5.02 Å². The summed E-state index contributed by atoms with van der Waals surface area (Å²) >= 11 is 5.70. The van der Waals surface area contributed by atoms with E-state index >= 15 is 0 Å². The number of carbonyl (C=O) groups excluding carboxylic acids is 1. The number of amides is 1. The molecule has 21 heavy (non-hydrogen) atoms. The highest BCUT2D eigenvalue weighted by Gasteiger charge is 2.24. The Balaban J connectivity index is 3.18. The number of aryl methyl sites for hydroxylation is 1.